The molecule has 0 aromatic rings. The molecule has 0 bridgehead atoms. The molecule has 0 amide bonds. The first-order valence-electron chi connectivity index (χ1n) is 7.13. The summed E-state index contributed by atoms with van der Waals surface area (Å²) in [5.74, 6) is 0. The average molecular weight is 253 g/mol. The van der Waals surface area contributed by atoms with Gasteiger partial charge in [0, 0.05) is 45.7 Å². The van der Waals surface area contributed by atoms with E-state index in [4.69, 9.17) is 9.47 Å². The Kier molecular flexibility index (Phi) is 2.51. The van der Waals surface area contributed by atoms with E-state index in [1.807, 2.05) is 0 Å². The predicted molar refractivity (Wildman–Crippen MR) is 67.5 cm³/mol. The second kappa shape index (κ2) is 3.90. The highest BCUT2D eigenvalue weighted by atomic mass is 16.5. The van der Waals surface area contributed by atoms with E-state index >= 15 is 0 Å². The second-order valence-electron chi connectivity index (χ2n) is 6.61. The van der Waals surface area contributed by atoms with E-state index in [0.717, 1.165) is 45.9 Å². The lowest BCUT2D eigenvalue weighted by Crippen LogP contribution is -2.62. The summed E-state index contributed by atoms with van der Waals surface area (Å²) in [4.78, 5) is 4.81. The number of likely N-dealkylation sites (N-methyl/N-ethyl adjacent to an activating group) is 1. The summed E-state index contributed by atoms with van der Waals surface area (Å²) < 4.78 is 12.0. The smallest absolute Gasteiger partial charge is 0.122 e. The molecule has 4 aliphatic heterocycles. The molecular weight excluding hydrogens is 230 g/mol. The van der Waals surface area contributed by atoms with Crippen LogP contribution in [0.15, 0.2) is 0 Å². The van der Waals surface area contributed by atoms with Gasteiger partial charge in [-0.25, -0.2) is 0 Å². The molecule has 102 valence electrons. The zero-order valence-electron chi connectivity index (χ0n) is 11.2. The average Bonchev–Trinajstić information content (AvgIpc) is 2.82. The lowest BCUT2D eigenvalue weighted by molar-refractivity contribution is -0.143. The van der Waals surface area contributed by atoms with Crippen molar-refractivity contribution in [2.75, 3.05) is 52.9 Å². The van der Waals surface area contributed by atoms with Gasteiger partial charge in [-0.15, -0.1) is 0 Å². The number of nitrogens with one attached hydrogen (secondary N) is 1. The summed E-state index contributed by atoms with van der Waals surface area (Å²) >= 11 is 0. The molecule has 0 aromatic carbocycles. The van der Waals surface area contributed by atoms with Crippen molar-refractivity contribution >= 4 is 0 Å². The molecular formula is C13H23N3O2. The van der Waals surface area contributed by atoms with Crippen molar-refractivity contribution in [3.05, 3.63) is 0 Å². The predicted octanol–water partition coefficient (Wildman–Crippen LogP) is -0.519. The van der Waals surface area contributed by atoms with Crippen LogP contribution in [0.25, 0.3) is 0 Å². The SMILES string of the molecule is CN1CC2(CNC(CN3CCC4(CCO4)C3)O2)C1. The Morgan fingerprint density at radius 1 is 1.22 bits per heavy atom. The standard InChI is InChI=1S/C13H23N3O2/c1-15-8-13(9-15)7-14-11(18-13)6-16-4-2-12(10-16)3-5-17-12/h11,14H,2-10H2,1H3. The van der Waals surface area contributed by atoms with Crippen LogP contribution >= 0.6 is 0 Å². The van der Waals surface area contributed by atoms with Gasteiger partial charge in [-0.1, -0.05) is 0 Å². The van der Waals surface area contributed by atoms with Gasteiger partial charge in [0.15, 0.2) is 0 Å². The minimum absolute atomic E-state index is 0.115. The van der Waals surface area contributed by atoms with Crippen LogP contribution in [0.3, 0.4) is 0 Å². The van der Waals surface area contributed by atoms with Gasteiger partial charge in [-0.05, 0) is 13.5 Å². The lowest BCUT2D eigenvalue weighted by atomic mass is 9.94. The number of nitrogens with zero attached hydrogens (tertiary/aromatic N) is 2. The van der Waals surface area contributed by atoms with Gasteiger partial charge < -0.3 is 14.4 Å². The van der Waals surface area contributed by atoms with E-state index in [1.54, 1.807) is 0 Å². The van der Waals surface area contributed by atoms with Crippen molar-refractivity contribution in [1.82, 2.24) is 15.1 Å². The third kappa shape index (κ3) is 1.80. The maximum atomic E-state index is 6.20. The Morgan fingerprint density at radius 2 is 2.06 bits per heavy atom. The minimum Gasteiger partial charge on any atom is -0.373 e. The van der Waals surface area contributed by atoms with Crippen LogP contribution < -0.4 is 5.32 Å². The molecule has 18 heavy (non-hydrogen) atoms. The first-order chi connectivity index (χ1) is 8.67. The Balaban J connectivity index is 1.29. The quantitative estimate of drug-likeness (QED) is 0.717. The van der Waals surface area contributed by atoms with Crippen molar-refractivity contribution in [2.45, 2.75) is 30.3 Å². The molecule has 4 fully saturated rings. The van der Waals surface area contributed by atoms with Crippen LogP contribution in [0.5, 0.6) is 0 Å². The zero-order chi connectivity index (χ0) is 12.2. The molecule has 2 unspecified atom stereocenters. The van der Waals surface area contributed by atoms with Crippen LogP contribution in [0, 0.1) is 0 Å². The fraction of sp³-hybridized carbons (Fsp3) is 1.00. The molecule has 4 heterocycles. The largest absolute Gasteiger partial charge is 0.373 e. The number of ether oxygens (including phenoxy) is 2. The fourth-order valence-electron chi connectivity index (χ4n) is 3.94. The second-order valence-corrected chi connectivity index (χ2v) is 6.61. The minimum atomic E-state index is 0.115. The molecule has 2 spiro atoms. The monoisotopic (exact) mass is 253 g/mol. The molecule has 5 nitrogen and oxygen atoms in total. The van der Waals surface area contributed by atoms with E-state index in [1.165, 1.54) is 12.8 Å². The summed E-state index contributed by atoms with van der Waals surface area (Å²) in [7, 11) is 2.15. The summed E-state index contributed by atoms with van der Waals surface area (Å²) in [5, 5.41) is 3.53. The third-order valence-electron chi connectivity index (χ3n) is 4.95. The van der Waals surface area contributed by atoms with E-state index in [9.17, 15) is 0 Å². The van der Waals surface area contributed by atoms with Crippen LogP contribution in [0.2, 0.25) is 0 Å². The van der Waals surface area contributed by atoms with E-state index < -0.39 is 0 Å². The molecule has 2 atom stereocenters. The Bertz CT molecular complexity index is 339. The highest BCUT2D eigenvalue weighted by Gasteiger charge is 2.49. The van der Waals surface area contributed by atoms with Gasteiger partial charge in [0.25, 0.3) is 0 Å². The normalized spacial score (nSPS) is 43.5. The highest BCUT2D eigenvalue weighted by Crippen LogP contribution is 2.36. The molecule has 4 aliphatic rings. The number of rotatable bonds is 2. The fourth-order valence-corrected chi connectivity index (χ4v) is 3.94. The Labute approximate surface area is 108 Å². The molecule has 0 aliphatic carbocycles. The maximum Gasteiger partial charge on any atom is 0.122 e. The van der Waals surface area contributed by atoms with E-state index in [0.29, 0.717) is 0 Å². The Hall–Kier alpha value is -0.200. The molecule has 4 rings (SSSR count). The van der Waals surface area contributed by atoms with Gasteiger partial charge in [0.2, 0.25) is 0 Å². The van der Waals surface area contributed by atoms with Gasteiger partial charge >= 0.3 is 0 Å². The summed E-state index contributed by atoms with van der Waals surface area (Å²) in [6.45, 7) is 7.39. The Morgan fingerprint density at radius 3 is 2.67 bits per heavy atom. The summed E-state index contributed by atoms with van der Waals surface area (Å²) in [6.07, 6.45) is 2.67. The van der Waals surface area contributed by atoms with Crippen LogP contribution in [-0.2, 0) is 9.47 Å². The van der Waals surface area contributed by atoms with Crippen LogP contribution in [0.1, 0.15) is 12.8 Å². The third-order valence-corrected chi connectivity index (χ3v) is 4.95. The number of likely N-dealkylation sites (tertiary alicyclic amines) is 2. The molecule has 5 heteroatoms. The first kappa shape index (κ1) is 11.6. The number of hydrogen-bond donors (Lipinski definition) is 1. The summed E-state index contributed by atoms with van der Waals surface area (Å²) in [6, 6.07) is 0. The van der Waals surface area contributed by atoms with Gasteiger partial charge in [0.1, 0.15) is 11.8 Å². The van der Waals surface area contributed by atoms with Gasteiger partial charge in [-0.2, -0.15) is 0 Å². The molecule has 4 saturated heterocycles. The number of hydrogen-bond acceptors (Lipinski definition) is 5. The van der Waals surface area contributed by atoms with Crippen LogP contribution in [-0.4, -0.2) is 80.2 Å². The molecule has 1 N–H and O–H groups in total. The van der Waals surface area contributed by atoms with E-state index in [-0.39, 0.29) is 17.4 Å². The van der Waals surface area contributed by atoms with Crippen molar-refractivity contribution < 1.29 is 9.47 Å². The highest BCUT2D eigenvalue weighted by molar-refractivity contribution is 5.03. The molecule has 0 aromatic heterocycles. The lowest BCUT2D eigenvalue weighted by Gasteiger charge is -2.44. The maximum absolute atomic E-state index is 6.20. The zero-order valence-corrected chi connectivity index (χ0v) is 11.2. The molecule has 0 radical (unpaired) electrons. The van der Waals surface area contributed by atoms with Crippen molar-refractivity contribution in [2.24, 2.45) is 0 Å². The van der Waals surface area contributed by atoms with Crippen molar-refractivity contribution in [3.63, 3.8) is 0 Å². The molecule has 0 saturated carbocycles. The van der Waals surface area contributed by atoms with Gasteiger partial charge in [-0.3, -0.25) is 10.2 Å². The van der Waals surface area contributed by atoms with Crippen molar-refractivity contribution in [1.29, 1.82) is 0 Å². The van der Waals surface area contributed by atoms with E-state index in [2.05, 4.69) is 22.2 Å². The van der Waals surface area contributed by atoms with Gasteiger partial charge in [0.05, 0.1) is 12.2 Å². The van der Waals surface area contributed by atoms with Crippen molar-refractivity contribution in [3.8, 4) is 0 Å². The topological polar surface area (TPSA) is 37.0 Å². The first-order valence-corrected chi connectivity index (χ1v) is 7.13. The summed E-state index contributed by atoms with van der Waals surface area (Å²) in [5.41, 5.74) is 0.330. The van der Waals surface area contributed by atoms with Crippen LogP contribution in [0.4, 0.5) is 0 Å².